The minimum atomic E-state index is -1.04. The molecule has 11 heteroatoms. The number of nitrogens with zero attached hydrogens (tertiary/aromatic N) is 5. The van der Waals surface area contributed by atoms with Crippen molar-refractivity contribution in [2.24, 2.45) is 0 Å². The molecule has 4 rings (SSSR count). The van der Waals surface area contributed by atoms with Gasteiger partial charge in [0.25, 0.3) is 0 Å². The van der Waals surface area contributed by atoms with E-state index in [1.165, 1.54) is 29.3 Å². The lowest BCUT2D eigenvalue weighted by Crippen LogP contribution is -2.40. The van der Waals surface area contributed by atoms with Crippen LogP contribution in [0.3, 0.4) is 0 Å². The third kappa shape index (κ3) is 6.73. The summed E-state index contributed by atoms with van der Waals surface area (Å²) in [6, 6.07) is 17.8. The molecule has 0 saturated heterocycles. The number of halogens is 1. The largest absolute Gasteiger partial charge is 0.478 e. The molecule has 0 fully saturated rings. The van der Waals surface area contributed by atoms with Gasteiger partial charge in [0.2, 0.25) is 5.91 Å². The number of hydrogen-bond donors (Lipinski definition) is 3. The van der Waals surface area contributed by atoms with E-state index in [2.05, 4.69) is 31.1 Å². The van der Waals surface area contributed by atoms with E-state index in [0.29, 0.717) is 35.1 Å². The minimum Gasteiger partial charge on any atom is -0.478 e. The number of carboxylic acids is 1. The molecule has 0 aliphatic heterocycles. The van der Waals surface area contributed by atoms with Crippen LogP contribution in [0.15, 0.2) is 79.3 Å². The first-order valence-corrected chi connectivity index (χ1v) is 11.3. The first kappa shape index (κ1) is 24.6. The molecule has 3 N–H and O–H groups in total. The second-order valence-corrected chi connectivity index (χ2v) is 8.24. The van der Waals surface area contributed by atoms with Crippen molar-refractivity contribution >= 4 is 35.4 Å². The van der Waals surface area contributed by atoms with Crippen molar-refractivity contribution in [3.8, 4) is 5.69 Å². The lowest BCUT2D eigenvalue weighted by Gasteiger charge is -2.19. The number of amides is 1. The quantitative estimate of drug-likeness (QED) is 0.281. The molecule has 1 atom stereocenters. The Labute approximate surface area is 211 Å². The summed E-state index contributed by atoms with van der Waals surface area (Å²) in [6.07, 6.45) is 6.40. The lowest BCUT2D eigenvalue weighted by atomic mass is 10.1. The number of tetrazole rings is 1. The summed E-state index contributed by atoms with van der Waals surface area (Å²) in [6.45, 7) is 0.376. The summed E-state index contributed by atoms with van der Waals surface area (Å²) in [7, 11) is 0. The Morgan fingerprint density at radius 2 is 1.94 bits per heavy atom. The number of nitrogens with one attached hydrogen (secondary N) is 2. The number of pyridine rings is 1. The molecule has 0 radical (unpaired) electrons. The molecular formula is C25H22ClN7O3. The van der Waals surface area contributed by atoms with Gasteiger partial charge in [-0.1, -0.05) is 41.9 Å². The van der Waals surface area contributed by atoms with Gasteiger partial charge < -0.3 is 15.7 Å². The van der Waals surface area contributed by atoms with Crippen molar-refractivity contribution in [3.05, 3.63) is 101 Å². The Kier molecular flexibility index (Phi) is 7.99. The van der Waals surface area contributed by atoms with Crippen LogP contribution in [-0.2, 0) is 11.2 Å². The summed E-state index contributed by atoms with van der Waals surface area (Å²) in [5.41, 5.74) is 2.50. The van der Waals surface area contributed by atoms with Crippen molar-refractivity contribution in [1.29, 1.82) is 0 Å². The van der Waals surface area contributed by atoms with Gasteiger partial charge in [0.1, 0.15) is 12.1 Å². The topological polar surface area (TPSA) is 135 Å². The highest BCUT2D eigenvalue weighted by atomic mass is 35.5. The van der Waals surface area contributed by atoms with Crippen LogP contribution in [0.5, 0.6) is 0 Å². The van der Waals surface area contributed by atoms with E-state index in [1.807, 2.05) is 30.3 Å². The molecule has 4 aromatic rings. The number of hydrogen-bond acceptors (Lipinski definition) is 7. The van der Waals surface area contributed by atoms with Gasteiger partial charge >= 0.3 is 5.97 Å². The number of benzene rings is 2. The van der Waals surface area contributed by atoms with Gasteiger partial charge in [-0.05, 0) is 58.8 Å². The SMILES string of the molecule is O=C(/C=C/c1cc(Cl)ccc1-n1cnnn1)N[C@H](CNc1ccc(C(=O)O)cn1)Cc1ccccc1. The maximum absolute atomic E-state index is 12.8. The third-order valence-electron chi connectivity index (χ3n) is 5.21. The van der Waals surface area contributed by atoms with Crippen molar-refractivity contribution < 1.29 is 14.7 Å². The Balaban J connectivity index is 1.46. The Hall–Kier alpha value is -4.57. The van der Waals surface area contributed by atoms with E-state index in [9.17, 15) is 9.59 Å². The van der Waals surface area contributed by atoms with Gasteiger partial charge in [0.15, 0.2) is 0 Å². The Bertz CT molecular complexity index is 1340. The number of carboxylic acid groups (broad SMARTS) is 1. The first-order valence-electron chi connectivity index (χ1n) is 11.0. The third-order valence-corrected chi connectivity index (χ3v) is 5.45. The molecule has 182 valence electrons. The Morgan fingerprint density at radius 1 is 1.11 bits per heavy atom. The van der Waals surface area contributed by atoms with Crippen LogP contribution in [0, 0.1) is 0 Å². The number of aromatic nitrogens is 5. The molecular weight excluding hydrogens is 482 g/mol. The van der Waals surface area contributed by atoms with E-state index in [1.54, 1.807) is 30.3 Å². The number of anilines is 1. The zero-order valence-electron chi connectivity index (χ0n) is 19.0. The maximum Gasteiger partial charge on any atom is 0.337 e. The van der Waals surface area contributed by atoms with Gasteiger partial charge in [-0.2, -0.15) is 4.68 Å². The predicted octanol–water partition coefficient (Wildman–Crippen LogP) is 3.26. The highest BCUT2D eigenvalue weighted by Crippen LogP contribution is 2.20. The highest BCUT2D eigenvalue weighted by Gasteiger charge is 2.13. The monoisotopic (exact) mass is 503 g/mol. The van der Waals surface area contributed by atoms with Crippen LogP contribution in [0.4, 0.5) is 5.82 Å². The molecule has 0 unspecified atom stereocenters. The van der Waals surface area contributed by atoms with Crippen LogP contribution in [0.1, 0.15) is 21.5 Å². The van der Waals surface area contributed by atoms with Gasteiger partial charge in [-0.25, -0.2) is 9.78 Å². The van der Waals surface area contributed by atoms with Gasteiger partial charge in [-0.3, -0.25) is 4.79 Å². The second kappa shape index (κ2) is 11.7. The number of carbonyl (C=O) groups excluding carboxylic acids is 1. The van der Waals surface area contributed by atoms with Crippen LogP contribution in [-0.4, -0.2) is 54.8 Å². The normalized spacial score (nSPS) is 11.8. The van der Waals surface area contributed by atoms with E-state index >= 15 is 0 Å². The maximum atomic E-state index is 12.8. The standard InChI is InChI=1S/C25H22ClN7O3/c26-20-8-9-22(33-16-29-31-32-33)18(13-20)7-11-24(34)30-21(12-17-4-2-1-3-5-17)15-28-23-10-6-19(14-27-23)25(35)36/h1-11,13-14,16,21H,12,15H2,(H,27,28)(H,30,34)(H,35,36)/b11-7+/t21-/m0/s1. The fourth-order valence-electron chi connectivity index (χ4n) is 3.48. The molecule has 0 saturated carbocycles. The summed E-state index contributed by atoms with van der Waals surface area (Å²) in [5.74, 6) is -0.833. The summed E-state index contributed by atoms with van der Waals surface area (Å²) in [4.78, 5) is 28.0. The van der Waals surface area contributed by atoms with Crippen LogP contribution in [0.2, 0.25) is 5.02 Å². The molecule has 0 aliphatic rings. The zero-order chi connectivity index (χ0) is 25.3. The van der Waals surface area contributed by atoms with Crippen molar-refractivity contribution in [1.82, 2.24) is 30.5 Å². The smallest absolute Gasteiger partial charge is 0.337 e. The second-order valence-electron chi connectivity index (χ2n) is 7.80. The molecule has 2 aromatic carbocycles. The van der Waals surface area contributed by atoms with E-state index in [4.69, 9.17) is 16.7 Å². The van der Waals surface area contributed by atoms with Crippen LogP contribution >= 0.6 is 11.6 Å². The number of carbonyl (C=O) groups is 2. The fourth-order valence-corrected chi connectivity index (χ4v) is 3.66. The first-order chi connectivity index (χ1) is 17.5. The Morgan fingerprint density at radius 3 is 2.64 bits per heavy atom. The summed E-state index contributed by atoms with van der Waals surface area (Å²) >= 11 is 6.15. The molecule has 0 bridgehead atoms. The molecule has 0 aliphatic carbocycles. The predicted molar refractivity (Wildman–Crippen MR) is 135 cm³/mol. The van der Waals surface area contributed by atoms with E-state index in [0.717, 1.165) is 5.56 Å². The molecule has 10 nitrogen and oxygen atoms in total. The number of rotatable bonds is 10. The molecule has 2 heterocycles. The van der Waals surface area contributed by atoms with Gasteiger partial charge in [-0.15, -0.1) is 5.10 Å². The highest BCUT2D eigenvalue weighted by molar-refractivity contribution is 6.30. The van der Waals surface area contributed by atoms with Crippen molar-refractivity contribution in [2.75, 3.05) is 11.9 Å². The lowest BCUT2D eigenvalue weighted by molar-refractivity contribution is -0.117. The summed E-state index contributed by atoms with van der Waals surface area (Å²) in [5, 5.41) is 26.9. The average Bonchev–Trinajstić information content (AvgIpc) is 3.42. The molecule has 2 aromatic heterocycles. The summed E-state index contributed by atoms with van der Waals surface area (Å²) < 4.78 is 1.48. The average molecular weight is 504 g/mol. The van der Waals surface area contributed by atoms with E-state index < -0.39 is 5.97 Å². The molecule has 36 heavy (non-hydrogen) atoms. The van der Waals surface area contributed by atoms with Crippen LogP contribution in [0.25, 0.3) is 11.8 Å². The number of aromatic carboxylic acids is 1. The van der Waals surface area contributed by atoms with Gasteiger partial charge in [0.05, 0.1) is 17.3 Å². The van der Waals surface area contributed by atoms with E-state index in [-0.39, 0.29) is 17.5 Å². The van der Waals surface area contributed by atoms with Gasteiger partial charge in [0, 0.05) is 29.4 Å². The molecule has 0 spiro atoms. The fraction of sp³-hybridized carbons (Fsp3) is 0.120. The van der Waals surface area contributed by atoms with Crippen molar-refractivity contribution in [3.63, 3.8) is 0 Å². The zero-order valence-corrected chi connectivity index (χ0v) is 19.7. The minimum absolute atomic E-state index is 0.0990. The van der Waals surface area contributed by atoms with Crippen LogP contribution < -0.4 is 10.6 Å². The van der Waals surface area contributed by atoms with Crippen molar-refractivity contribution in [2.45, 2.75) is 12.5 Å². The molecule has 1 amide bonds.